The van der Waals surface area contributed by atoms with Gasteiger partial charge in [-0.1, -0.05) is 47.5 Å². The van der Waals surface area contributed by atoms with Gasteiger partial charge in [-0.2, -0.15) is 0 Å². The van der Waals surface area contributed by atoms with E-state index in [1.807, 2.05) is 6.07 Å². The SMILES string of the molecule is O=C(NCCOC(=O)c1ccccc1)C1=CN(CC(=O)c2ccc(Cl)cc2Cl)C=CC1. The molecule has 2 aromatic carbocycles. The van der Waals surface area contributed by atoms with Gasteiger partial charge in [0.15, 0.2) is 5.78 Å². The zero-order valence-corrected chi connectivity index (χ0v) is 18.0. The number of esters is 1. The first-order valence-corrected chi connectivity index (χ1v) is 10.3. The van der Waals surface area contributed by atoms with Crippen molar-refractivity contribution in [1.29, 1.82) is 0 Å². The number of nitrogens with zero attached hydrogens (tertiary/aromatic N) is 1. The molecule has 0 saturated heterocycles. The zero-order valence-electron chi connectivity index (χ0n) is 16.5. The summed E-state index contributed by atoms with van der Waals surface area (Å²) in [7, 11) is 0. The lowest BCUT2D eigenvalue weighted by Gasteiger charge is -2.21. The van der Waals surface area contributed by atoms with E-state index in [9.17, 15) is 14.4 Å². The summed E-state index contributed by atoms with van der Waals surface area (Å²) >= 11 is 12.0. The van der Waals surface area contributed by atoms with E-state index in [0.29, 0.717) is 28.1 Å². The fraction of sp³-hybridized carbons (Fsp3) is 0.174. The van der Waals surface area contributed by atoms with E-state index < -0.39 is 5.97 Å². The molecule has 0 radical (unpaired) electrons. The highest BCUT2D eigenvalue weighted by Gasteiger charge is 2.17. The summed E-state index contributed by atoms with van der Waals surface area (Å²) in [6.07, 6.45) is 5.58. The zero-order chi connectivity index (χ0) is 22.2. The number of carbonyl (C=O) groups is 3. The fourth-order valence-corrected chi connectivity index (χ4v) is 3.42. The number of carbonyl (C=O) groups excluding carboxylic acids is 3. The topological polar surface area (TPSA) is 75.7 Å². The molecule has 1 aliphatic heterocycles. The van der Waals surface area contributed by atoms with Gasteiger partial charge in [-0.05, 0) is 36.8 Å². The van der Waals surface area contributed by atoms with Crippen molar-refractivity contribution in [1.82, 2.24) is 10.2 Å². The molecule has 0 aliphatic carbocycles. The highest BCUT2D eigenvalue weighted by atomic mass is 35.5. The number of hydrogen-bond acceptors (Lipinski definition) is 5. The van der Waals surface area contributed by atoms with Gasteiger partial charge in [0, 0.05) is 28.6 Å². The number of Topliss-reactive ketones (excluding diaryl/α,β-unsaturated/α-hetero) is 1. The number of nitrogens with one attached hydrogen (secondary N) is 1. The minimum atomic E-state index is -0.444. The molecule has 0 saturated carbocycles. The van der Waals surface area contributed by atoms with Crippen molar-refractivity contribution in [2.24, 2.45) is 0 Å². The number of rotatable bonds is 8. The van der Waals surface area contributed by atoms with Crippen LogP contribution in [-0.2, 0) is 9.53 Å². The molecule has 0 fully saturated rings. The molecule has 8 heteroatoms. The lowest BCUT2D eigenvalue weighted by Crippen LogP contribution is -2.31. The second-order valence-corrected chi connectivity index (χ2v) is 7.56. The lowest BCUT2D eigenvalue weighted by atomic mass is 10.1. The lowest BCUT2D eigenvalue weighted by molar-refractivity contribution is -0.117. The molecule has 6 nitrogen and oxygen atoms in total. The minimum absolute atomic E-state index is 0.0311. The molecule has 1 N–H and O–H groups in total. The van der Waals surface area contributed by atoms with Crippen LogP contribution in [0.25, 0.3) is 0 Å². The predicted molar refractivity (Wildman–Crippen MR) is 119 cm³/mol. The number of amides is 1. The molecular weight excluding hydrogens is 439 g/mol. The summed E-state index contributed by atoms with van der Waals surface area (Å²) < 4.78 is 5.14. The van der Waals surface area contributed by atoms with E-state index in [1.165, 1.54) is 6.07 Å². The maximum Gasteiger partial charge on any atom is 0.338 e. The molecule has 0 atom stereocenters. The van der Waals surface area contributed by atoms with Crippen LogP contribution >= 0.6 is 23.2 Å². The van der Waals surface area contributed by atoms with Crippen molar-refractivity contribution in [3.63, 3.8) is 0 Å². The smallest absolute Gasteiger partial charge is 0.338 e. The Morgan fingerprint density at radius 1 is 1.06 bits per heavy atom. The van der Waals surface area contributed by atoms with Gasteiger partial charge >= 0.3 is 5.97 Å². The van der Waals surface area contributed by atoms with Crippen LogP contribution in [0, 0.1) is 0 Å². The van der Waals surface area contributed by atoms with Crippen LogP contribution in [0.1, 0.15) is 27.1 Å². The van der Waals surface area contributed by atoms with Gasteiger partial charge in [-0.25, -0.2) is 4.79 Å². The molecule has 0 aromatic heterocycles. The average molecular weight is 459 g/mol. The number of halogens is 2. The van der Waals surface area contributed by atoms with E-state index in [0.717, 1.165) is 0 Å². The Balaban J connectivity index is 1.48. The Labute approximate surface area is 190 Å². The Hall–Kier alpha value is -3.09. The first-order valence-electron chi connectivity index (χ1n) is 9.56. The second-order valence-electron chi connectivity index (χ2n) is 6.72. The predicted octanol–water partition coefficient (Wildman–Crippen LogP) is 4.25. The highest BCUT2D eigenvalue weighted by molar-refractivity contribution is 6.36. The van der Waals surface area contributed by atoms with Crippen LogP contribution in [0.4, 0.5) is 0 Å². The van der Waals surface area contributed by atoms with Gasteiger partial charge in [-0.3, -0.25) is 9.59 Å². The summed E-state index contributed by atoms with van der Waals surface area (Å²) in [6, 6.07) is 13.3. The summed E-state index contributed by atoms with van der Waals surface area (Å²) in [6.45, 7) is 0.265. The largest absolute Gasteiger partial charge is 0.460 e. The second kappa shape index (κ2) is 10.8. The Bertz CT molecular complexity index is 1040. The number of ether oxygens (including phenoxy) is 1. The number of benzene rings is 2. The van der Waals surface area contributed by atoms with Gasteiger partial charge in [-0.15, -0.1) is 0 Å². The Morgan fingerprint density at radius 3 is 2.58 bits per heavy atom. The van der Waals surface area contributed by atoms with Crippen molar-refractivity contribution in [3.05, 3.63) is 93.8 Å². The summed E-state index contributed by atoms with van der Waals surface area (Å²) in [4.78, 5) is 38.4. The fourth-order valence-electron chi connectivity index (χ4n) is 2.91. The first-order chi connectivity index (χ1) is 14.9. The molecular formula is C23H20Cl2N2O4. The molecule has 0 bridgehead atoms. The normalized spacial score (nSPS) is 12.8. The van der Waals surface area contributed by atoms with E-state index in [1.54, 1.807) is 59.8 Å². The molecule has 0 unspecified atom stereocenters. The maximum atomic E-state index is 12.5. The van der Waals surface area contributed by atoms with Crippen LogP contribution < -0.4 is 5.32 Å². The minimum Gasteiger partial charge on any atom is -0.460 e. The quantitative estimate of drug-likeness (QED) is 0.363. The molecule has 1 aliphatic rings. The van der Waals surface area contributed by atoms with Crippen LogP contribution in [0.5, 0.6) is 0 Å². The Morgan fingerprint density at radius 2 is 1.84 bits per heavy atom. The van der Waals surface area contributed by atoms with Gasteiger partial charge in [0.25, 0.3) is 0 Å². The van der Waals surface area contributed by atoms with Crippen molar-refractivity contribution in [2.75, 3.05) is 19.7 Å². The molecule has 3 rings (SSSR count). The van der Waals surface area contributed by atoms with Crippen molar-refractivity contribution in [2.45, 2.75) is 6.42 Å². The highest BCUT2D eigenvalue weighted by Crippen LogP contribution is 2.22. The number of hydrogen-bond donors (Lipinski definition) is 1. The Kier molecular flexibility index (Phi) is 7.87. The molecule has 1 amide bonds. The molecule has 0 spiro atoms. The summed E-state index contributed by atoms with van der Waals surface area (Å²) in [5.41, 5.74) is 1.31. The first kappa shape index (κ1) is 22.6. The van der Waals surface area contributed by atoms with E-state index in [4.69, 9.17) is 27.9 Å². The average Bonchev–Trinajstić information content (AvgIpc) is 2.77. The third-order valence-corrected chi connectivity index (χ3v) is 4.98. The molecule has 1 heterocycles. The van der Waals surface area contributed by atoms with Gasteiger partial charge in [0.05, 0.1) is 23.7 Å². The van der Waals surface area contributed by atoms with Gasteiger partial charge in [0.2, 0.25) is 5.91 Å². The van der Waals surface area contributed by atoms with Crippen molar-refractivity contribution >= 4 is 40.9 Å². The van der Waals surface area contributed by atoms with E-state index >= 15 is 0 Å². The van der Waals surface area contributed by atoms with Crippen molar-refractivity contribution < 1.29 is 19.1 Å². The van der Waals surface area contributed by atoms with Crippen molar-refractivity contribution in [3.8, 4) is 0 Å². The van der Waals surface area contributed by atoms with Crippen LogP contribution in [0.3, 0.4) is 0 Å². The molecule has 31 heavy (non-hydrogen) atoms. The van der Waals surface area contributed by atoms with Gasteiger partial charge < -0.3 is 15.0 Å². The van der Waals surface area contributed by atoms with Crippen LogP contribution in [0.15, 0.2) is 72.6 Å². The third-order valence-electron chi connectivity index (χ3n) is 4.44. The van der Waals surface area contributed by atoms with Gasteiger partial charge in [0.1, 0.15) is 6.61 Å². The maximum absolute atomic E-state index is 12.5. The summed E-state index contributed by atoms with van der Waals surface area (Å²) in [5.74, 6) is -0.931. The van der Waals surface area contributed by atoms with Crippen LogP contribution in [-0.4, -0.2) is 42.3 Å². The van der Waals surface area contributed by atoms with E-state index in [2.05, 4.69) is 5.32 Å². The monoisotopic (exact) mass is 458 g/mol. The van der Waals surface area contributed by atoms with Crippen LogP contribution in [0.2, 0.25) is 10.0 Å². The third kappa shape index (κ3) is 6.44. The number of allylic oxidation sites excluding steroid dienone is 1. The summed E-state index contributed by atoms with van der Waals surface area (Å²) in [5, 5.41) is 3.45. The molecule has 2 aromatic rings. The number of ketones is 1. The standard InChI is InChI=1S/C23H20Cl2N2O4/c24-18-8-9-19(20(25)13-18)21(28)15-27-11-4-7-17(14-27)22(29)26-10-12-31-23(30)16-5-2-1-3-6-16/h1-6,8-9,11,13-14H,7,10,12,15H2,(H,26,29). The molecule has 160 valence electrons. The van der Waals surface area contributed by atoms with E-state index in [-0.39, 0.29) is 36.4 Å².